The van der Waals surface area contributed by atoms with E-state index < -0.39 is 5.60 Å². The lowest BCUT2D eigenvalue weighted by Crippen LogP contribution is -2.49. The molecule has 4 aliphatic heterocycles. The van der Waals surface area contributed by atoms with E-state index in [-0.39, 0.29) is 23.3 Å². The number of likely N-dealkylation sites (tertiary alicyclic amines) is 2. The van der Waals surface area contributed by atoms with E-state index in [1.165, 1.54) is 0 Å². The number of pyridine rings is 4. The van der Waals surface area contributed by atoms with E-state index in [1.54, 1.807) is 63.1 Å². The van der Waals surface area contributed by atoms with Crippen molar-refractivity contribution in [1.29, 1.82) is 0 Å². The fourth-order valence-corrected chi connectivity index (χ4v) is 9.25. The van der Waals surface area contributed by atoms with E-state index in [9.17, 15) is 14.4 Å². The number of aromatic nitrogens is 8. The van der Waals surface area contributed by atoms with Crippen LogP contribution in [0.2, 0.25) is 0 Å². The third kappa shape index (κ3) is 12.6. The minimum absolute atomic E-state index is 0.0000973. The van der Waals surface area contributed by atoms with Crippen LogP contribution in [0, 0.1) is 13.8 Å². The van der Waals surface area contributed by atoms with Crippen molar-refractivity contribution >= 4 is 28.4 Å². The number of aryl methyl sites for hydroxylation is 2. The number of hydrogen-bond donors (Lipinski definition) is 1. The number of ether oxygens (including phenoxy) is 5. The van der Waals surface area contributed by atoms with Crippen LogP contribution >= 0.6 is 0 Å². The van der Waals surface area contributed by atoms with Crippen LogP contribution < -0.4 is 35.4 Å². The van der Waals surface area contributed by atoms with E-state index in [1.807, 2.05) is 46.8 Å². The summed E-state index contributed by atoms with van der Waals surface area (Å²) >= 11 is 0. The van der Waals surface area contributed by atoms with Crippen LogP contribution in [0.3, 0.4) is 0 Å². The molecule has 0 atom stereocenters. The zero-order chi connectivity index (χ0) is 49.5. The van der Waals surface area contributed by atoms with Gasteiger partial charge < -0.3 is 38.8 Å². The topological polar surface area (TPSA) is 206 Å². The maximum absolute atomic E-state index is 13.3. The predicted molar refractivity (Wildman–Crippen MR) is 265 cm³/mol. The van der Waals surface area contributed by atoms with Gasteiger partial charge in [0.15, 0.2) is 34.3 Å². The van der Waals surface area contributed by atoms with Gasteiger partial charge in [-0.05, 0) is 85.5 Å². The van der Waals surface area contributed by atoms with Crippen LogP contribution in [-0.2, 0) is 30.9 Å². The fraction of sp³-hybridized carbons (Fsp3) is 0.510. The Morgan fingerprint density at radius 1 is 0.648 bits per heavy atom. The molecule has 2 fully saturated rings. The van der Waals surface area contributed by atoms with Gasteiger partial charge >= 0.3 is 6.09 Å². The van der Waals surface area contributed by atoms with Gasteiger partial charge in [-0.3, -0.25) is 43.6 Å². The zero-order valence-electron chi connectivity index (χ0n) is 41.3. The molecule has 0 bridgehead atoms. The van der Waals surface area contributed by atoms with E-state index in [0.717, 1.165) is 98.2 Å². The van der Waals surface area contributed by atoms with Crippen molar-refractivity contribution in [2.45, 2.75) is 104 Å². The number of carbonyl (C=O) groups excluding carboxylic acids is 1. The average molecular weight is 973 g/mol. The first-order valence-electron chi connectivity index (χ1n) is 24.6. The molecule has 0 radical (unpaired) electrons. The molecule has 376 valence electrons. The number of rotatable bonds is 12. The SMILES string of the molecule is Cc1cnc2ccc(=O)n(CCN3CCC(N(Cc4cc5c(cn4)OCCO5)C(=O)OC(C)(C)C)CC3)c2n1.Cc1cnc2ccc(=O)n(CCN3CCC(NCc4cc5c(cn4)OCCO5)CC3)c2n1. The molecule has 0 spiro atoms. The normalized spacial score (nSPS) is 16.6. The monoisotopic (exact) mass is 972 g/mol. The number of nitrogens with zero attached hydrogens (tertiary/aromatic N) is 11. The minimum atomic E-state index is -0.608. The second-order valence-electron chi connectivity index (χ2n) is 19.4. The summed E-state index contributed by atoms with van der Waals surface area (Å²) in [6.07, 6.45) is 10.2. The Bertz CT molecular complexity index is 2940. The van der Waals surface area contributed by atoms with E-state index in [0.29, 0.717) is 93.5 Å². The molecule has 0 aliphatic carbocycles. The molecule has 6 aromatic heterocycles. The molecule has 71 heavy (non-hydrogen) atoms. The Balaban J connectivity index is 0.000000179. The first-order chi connectivity index (χ1) is 34.3. The standard InChI is InChI=1S/C28H36N6O5.C23H28N6O3/c1-19-16-30-22-5-6-25(35)33(26(22)31-19)12-11-32-9-7-21(8-10-32)34(27(36)39-28(2,3)4)18-20-15-23-24(17-29-20)38-14-13-37-23;1-16-13-26-19-2-3-22(30)29(23(19)27-16)9-8-28-6-4-17(5-7-28)24-14-18-12-20-21(15-25-18)32-11-10-31-20/h5-6,15-17,21H,7-14,18H2,1-4H3;2-3,12-13,15,17,24H,4-11,14H2,1H3. The number of piperidine rings is 2. The average Bonchev–Trinajstić information content (AvgIpc) is 3.37. The van der Waals surface area contributed by atoms with Crippen LogP contribution in [0.5, 0.6) is 23.0 Å². The van der Waals surface area contributed by atoms with Crippen LogP contribution in [0.1, 0.15) is 69.2 Å². The minimum Gasteiger partial charge on any atom is -0.486 e. The largest absolute Gasteiger partial charge is 0.486 e. The summed E-state index contributed by atoms with van der Waals surface area (Å²) in [5.41, 5.74) is 5.30. The van der Waals surface area contributed by atoms with Gasteiger partial charge in [0.25, 0.3) is 11.1 Å². The Morgan fingerprint density at radius 3 is 1.65 bits per heavy atom. The van der Waals surface area contributed by atoms with Gasteiger partial charge in [0.05, 0.1) is 41.7 Å². The highest BCUT2D eigenvalue weighted by molar-refractivity contribution is 5.70. The van der Waals surface area contributed by atoms with Crippen molar-refractivity contribution in [1.82, 2.24) is 59.1 Å². The van der Waals surface area contributed by atoms with Crippen molar-refractivity contribution in [3.8, 4) is 23.0 Å². The van der Waals surface area contributed by atoms with Crippen LogP contribution in [-0.4, -0.2) is 143 Å². The van der Waals surface area contributed by atoms with E-state index in [2.05, 4.69) is 45.0 Å². The molecule has 20 nitrogen and oxygen atoms in total. The van der Waals surface area contributed by atoms with Crippen LogP contribution in [0.15, 0.2) is 70.8 Å². The lowest BCUT2D eigenvalue weighted by atomic mass is 10.0. The quantitative estimate of drug-likeness (QED) is 0.177. The molecule has 0 unspecified atom stereocenters. The van der Waals surface area contributed by atoms with Crippen molar-refractivity contribution < 1.29 is 28.5 Å². The summed E-state index contributed by atoms with van der Waals surface area (Å²) in [5, 5.41) is 3.62. The van der Waals surface area contributed by atoms with Crippen molar-refractivity contribution in [2.24, 2.45) is 0 Å². The number of nitrogens with one attached hydrogen (secondary N) is 1. The Hall–Kier alpha value is -6.77. The smallest absolute Gasteiger partial charge is 0.410 e. The third-order valence-corrected chi connectivity index (χ3v) is 13.0. The summed E-state index contributed by atoms with van der Waals surface area (Å²) in [6.45, 7) is 18.8. The van der Waals surface area contributed by atoms with Gasteiger partial charge in [-0.2, -0.15) is 0 Å². The second kappa shape index (κ2) is 22.1. The molecule has 10 heterocycles. The summed E-state index contributed by atoms with van der Waals surface area (Å²) in [4.78, 5) is 71.7. The van der Waals surface area contributed by atoms with Gasteiger partial charge in [0, 0.05) is 94.6 Å². The highest BCUT2D eigenvalue weighted by Gasteiger charge is 2.32. The molecule has 1 N–H and O–H groups in total. The number of fused-ring (bicyclic) bond motifs is 4. The highest BCUT2D eigenvalue weighted by Crippen LogP contribution is 2.32. The molecular weight excluding hydrogens is 909 g/mol. The molecule has 20 heteroatoms. The molecule has 6 aromatic rings. The lowest BCUT2D eigenvalue weighted by Gasteiger charge is -2.39. The number of amides is 1. The van der Waals surface area contributed by atoms with Gasteiger partial charge in [-0.1, -0.05) is 0 Å². The van der Waals surface area contributed by atoms with Gasteiger partial charge in [0.1, 0.15) is 43.1 Å². The van der Waals surface area contributed by atoms with E-state index in [4.69, 9.17) is 23.7 Å². The first-order valence-corrected chi connectivity index (χ1v) is 24.6. The summed E-state index contributed by atoms with van der Waals surface area (Å²) < 4.78 is 31.7. The van der Waals surface area contributed by atoms with Gasteiger partial charge in [-0.25, -0.2) is 14.8 Å². The van der Waals surface area contributed by atoms with Crippen molar-refractivity contribution in [3.05, 3.63) is 105 Å². The number of hydrogen-bond acceptors (Lipinski definition) is 17. The lowest BCUT2D eigenvalue weighted by molar-refractivity contribution is 0.00528. The molecule has 4 aliphatic rings. The second-order valence-corrected chi connectivity index (χ2v) is 19.4. The summed E-state index contributed by atoms with van der Waals surface area (Å²) in [6, 6.07) is 10.8. The predicted octanol–water partition coefficient (Wildman–Crippen LogP) is 4.69. The van der Waals surface area contributed by atoms with Crippen LogP contribution in [0.25, 0.3) is 22.3 Å². The van der Waals surface area contributed by atoms with Gasteiger partial charge in [0.2, 0.25) is 0 Å². The fourth-order valence-electron chi connectivity index (χ4n) is 9.25. The summed E-state index contributed by atoms with van der Waals surface area (Å²) in [5.74, 6) is 2.77. The van der Waals surface area contributed by atoms with Gasteiger partial charge in [-0.15, -0.1) is 0 Å². The molecule has 0 aromatic carbocycles. The first kappa shape index (κ1) is 49.2. The third-order valence-electron chi connectivity index (χ3n) is 13.0. The van der Waals surface area contributed by atoms with Crippen molar-refractivity contribution in [3.63, 3.8) is 0 Å². The highest BCUT2D eigenvalue weighted by atomic mass is 16.6. The molecule has 1 amide bonds. The molecular formula is C51H64N12O8. The Kier molecular flexibility index (Phi) is 15.3. The maximum Gasteiger partial charge on any atom is 0.410 e. The number of carbonyl (C=O) groups is 1. The van der Waals surface area contributed by atoms with Crippen LogP contribution in [0.4, 0.5) is 4.79 Å². The molecule has 2 saturated heterocycles. The van der Waals surface area contributed by atoms with Crippen molar-refractivity contribution in [2.75, 3.05) is 65.7 Å². The maximum atomic E-state index is 13.3. The Labute approximate surface area is 412 Å². The molecule has 0 saturated carbocycles. The summed E-state index contributed by atoms with van der Waals surface area (Å²) in [7, 11) is 0. The Morgan fingerprint density at radius 2 is 1.13 bits per heavy atom. The van der Waals surface area contributed by atoms with E-state index >= 15 is 0 Å². The molecule has 10 rings (SSSR count). The zero-order valence-corrected chi connectivity index (χ0v) is 41.3.